The molecule has 0 N–H and O–H groups in total. The highest BCUT2D eigenvalue weighted by Gasteiger charge is 2.23. The molecule has 29 heavy (non-hydrogen) atoms. The van der Waals surface area contributed by atoms with Crippen molar-refractivity contribution in [3.05, 3.63) is 77.7 Å². The Hall–Kier alpha value is -2.90. The topological polar surface area (TPSA) is 63.4 Å². The number of aromatic nitrogens is 1. The molecule has 0 radical (unpaired) electrons. The molecule has 0 fully saturated rings. The molecule has 0 unspecified atom stereocenters. The molecule has 5 nitrogen and oxygen atoms in total. The Morgan fingerprint density at radius 3 is 2.52 bits per heavy atom. The molecule has 0 aliphatic rings. The van der Waals surface area contributed by atoms with E-state index in [-0.39, 0.29) is 18.2 Å². The third-order valence-corrected chi connectivity index (χ3v) is 6.26. The Balaban J connectivity index is 1.73. The average Bonchev–Trinajstić information content (AvgIpc) is 3.40. The van der Waals surface area contributed by atoms with Crippen LogP contribution in [-0.2, 0) is 6.54 Å². The van der Waals surface area contributed by atoms with Crippen LogP contribution in [0.2, 0.25) is 0 Å². The molecule has 0 bridgehead atoms. The van der Waals surface area contributed by atoms with E-state index >= 15 is 0 Å². The minimum atomic E-state index is -0.194. The van der Waals surface area contributed by atoms with Crippen molar-refractivity contribution in [3.63, 3.8) is 0 Å². The molecule has 0 atom stereocenters. The number of carbonyl (C=O) groups is 2. The number of thioether (sulfide) groups is 1. The first kappa shape index (κ1) is 19.4. The fourth-order valence-corrected chi connectivity index (χ4v) is 4.44. The van der Waals surface area contributed by atoms with E-state index in [1.165, 1.54) is 18.3 Å². The third-order valence-electron chi connectivity index (χ3n) is 4.49. The quantitative estimate of drug-likeness (QED) is 0.296. The van der Waals surface area contributed by atoms with Gasteiger partial charge in [0.1, 0.15) is 5.76 Å². The molecule has 0 saturated carbocycles. The minimum absolute atomic E-state index is 0.0350. The molecule has 2 aromatic carbocycles. The Morgan fingerprint density at radius 1 is 1.10 bits per heavy atom. The SMILES string of the molecule is CSc1ccc2nc(N(Cc3ccco3)C(=O)c3ccc(C(C)=O)cc3)sc2c1. The van der Waals surface area contributed by atoms with E-state index in [1.54, 1.807) is 53.3 Å². The van der Waals surface area contributed by atoms with Crippen LogP contribution in [0.15, 0.2) is 70.2 Å². The van der Waals surface area contributed by atoms with Crippen LogP contribution in [0.3, 0.4) is 0 Å². The van der Waals surface area contributed by atoms with Gasteiger partial charge in [-0.15, -0.1) is 11.8 Å². The number of rotatable bonds is 6. The van der Waals surface area contributed by atoms with Crippen LogP contribution in [0, 0.1) is 0 Å². The maximum atomic E-state index is 13.3. The van der Waals surface area contributed by atoms with Gasteiger partial charge in [0.2, 0.25) is 0 Å². The Morgan fingerprint density at radius 2 is 1.86 bits per heavy atom. The first-order valence-corrected chi connectivity index (χ1v) is 11.0. The van der Waals surface area contributed by atoms with Crippen molar-refractivity contribution in [2.24, 2.45) is 0 Å². The predicted octanol–water partition coefficient (Wildman–Crippen LogP) is 5.66. The van der Waals surface area contributed by atoms with Crippen LogP contribution >= 0.6 is 23.1 Å². The number of hydrogen-bond donors (Lipinski definition) is 0. The van der Waals surface area contributed by atoms with Gasteiger partial charge in [-0.3, -0.25) is 14.5 Å². The van der Waals surface area contributed by atoms with Gasteiger partial charge in [-0.1, -0.05) is 23.5 Å². The average molecular weight is 423 g/mol. The number of furan rings is 1. The summed E-state index contributed by atoms with van der Waals surface area (Å²) in [6.45, 7) is 1.78. The van der Waals surface area contributed by atoms with E-state index in [1.807, 2.05) is 24.5 Å². The summed E-state index contributed by atoms with van der Waals surface area (Å²) in [4.78, 5) is 32.3. The van der Waals surface area contributed by atoms with Gasteiger partial charge in [0.05, 0.1) is 23.0 Å². The summed E-state index contributed by atoms with van der Waals surface area (Å²) in [5.74, 6) is 0.440. The van der Waals surface area contributed by atoms with Gasteiger partial charge in [-0.05, 0) is 55.6 Å². The van der Waals surface area contributed by atoms with E-state index in [0.717, 1.165) is 15.1 Å². The molecule has 1 amide bonds. The molecule has 4 rings (SSSR count). The highest BCUT2D eigenvalue weighted by molar-refractivity contribution is 7.98. The predicted molar refractivity (Wildman–Crippen MR) is 117 cm³/mol. The summed E-state index contributed by atoms with van der Waals surface area (Å²) in [5, 5.41) is 0.607. The number of nitrogens with zero attached hydrogens (tertiary/aromatic N) is 2. The number of thiazole rings is 1. The van der Waals surface area contributed by atoms with E-state index in [2.05, 4.69) is 11.1 Å². The van der Waals surface area contributed by atoms with Crippen molar-refractivity contribution in [1.29, 1.82) is 0 Å². The molecule has 0 saturated heterocycles. The second-order valence-corrected chi connectivity index (χ2v) is 8.32. The number of ketones is 1. The van der Waals surface area contributed by atoms with E-state index in [4.69, 9.17) is 4.42 Å². The molecule has 2 heterocycles. The fourth-order valence-electron chi connectivity index (χ4n) is 2.92. The summed E-state index contributed by atoms with van der Waals surface area (Å²) < 4.78 is 6.49. The number of carbonyl (C=O) groups excluding carboxylic acids is 2. The largest absolute Gasteiger partial charge is 0.467 e. The number of Topliss-reactive ketones (excluding diaryl/α,β-unsaturated/α-hetero) is 1. The normalized spacial score (nSPS) is 11.0. The van der Waals surface area contributed by atoms with Crippen molar-refractivity contribution in [2.45, 2.75) is 18.4 Å². The zero-order chi connectivity index (χ0) is 20.4. The van der Waals surface area contributed by atoms with Crippen molar-refractivity contribution in [3.8, 4) is 0 Å². The Labute approximate surface area is 176 Å². The summed E-state index contributed by atoms with van der Waals surface area (Å²) in [6.07, 6.45) is 3.61. The van der Waals surface area contributed by atoms with Crippen LogP contribution in [0.4, 0.5) is 5.13 Å². The molecule has 2 aromatic heterocycles. The highest BCUT2D eigenvalue weighted by atomic mass is 32.2. The number of fused-ring (bicyclic) bond motifs is 1. The number of anilines is 1. The maximum absolute atomic E-state index is 13.3. The summed E-state index contributed by atoms with van der Waals surface area (Å²) >= 11 is 3.14. The molecular weight excluding hydrogens is 404 g/mol. The maximum Gasteiger partial charge on any atom is 0.260 e. The monoisotopic (exact) mass is 422 g/mol. The van der Waals surface area contributed by atoms with Crippen LogP contribution in [0.5, 0.6) is 0 Å². The van der Waals surface area contributed by atoms with Crippen molar-refractivity contribution in [1.82, 2.24) is 4.98 Å². The van der Waals surface area contributed by atoms with Crippen molar-refractivity contribution >= 4 is 50.1 Å². The lowest BCUT2D eigenvalue weighted by Crippen LogP contribution is -2.30. The van der Waals surface area contributed by atoms with Crippen LogP contribution in [0.1, 0.15) is 33.4 Å². The van der Waals surface area contributed by atoms with E-state index in [9.17, 15) is 9.59 Å². The van der Waals surface area contributed by atoms with E-state index < -0.39 is 0 Å². The zero-order valence-electron chi connectivity index (χ0n) is 15.9. The van der Waals surface area contributed by atoms with Crippen LogP contribution in [0.25, 0.3) is 10.2 Å². The minimum Gasteiger partial charge on any atom is -0.467 e. The van der Waals surface area contributed by atoms with Gasteiger partial charge in [0.15, 0.2) is 10.9 Å². The summed E-state index contributed by atoms with van der Waals surface area (Å²) in [6, 6.07) is 16.4. The first-order chi connectivity index (χ1) is 14.0. The zero-order valence-corrected chi connectivity index (χ0v) is 17.5. The van der Waals surface area contributed by atoms with Gasteiger partial charge in [-0.25, -0.2) is 4.98 Å². The van der Waals surface area contributed by atoms with Gasteiger partial charge in [0.25, 0.3) is 5.91 Å². The highest BCUT2D eigenvalue weighted by Crippen LogP contribution is 2.33. The molecule has 7 heteroatoms. The van der Waals surface area contributed by atoms with Gasteiger partial charge in [0, 0.05) is 16.0 Å². The van der Waals surface area contributed by atoms with Gasteiger partial charge >= 0.3 is 0 Å². The summed E-state index contributed by atoms with van der Waals surface area (Å²) in [5.41, 5.74) is 1.92. The van der Waals surface area contributed by atoms with Crippen LogP contribution < -0.4 is 4.90 Å². The smallest absolute Gasteiger partial charge is 0.260 e. The fraction of sp³-hybridized carbons (Fsp3) is 0.136. The second-order valence-electron chi connectivity index (χ2n) is 6.43. The second kappa shape index (κ2) is 8.23. The lowest BCUT2D eigenvalue weighted by molar-refractivity contribution is 0.0979. The van der Waals surface area contributed by atoms with Gasteiger partial charge in [-0.2, -0.15) is 0 Å². The molecular formula is C22H18N2O3S2. The Bertz CT molecular complexity index is 1160. The Kier molecular flexibility index (Phi) is 5.51. The third kappa shape index (κ3) is 4.11. The van der Waals surface area contributed by atoms with E-state index in [0.29, 0.717) is 22.0 Å². The summed E-state index contributed by atoms with van der Waals surface area (Å²) in [7, 11) is 0. The van der Waals surface area contributed by atoms with Gasteiger partial charge < -0.3 is 4.42 Å². The molecule has 0 aliphatic heterocycles. The lowest BCUT2D eigenvalue weighted by Gasteiger charge is -2.19. The number of benzene rings is 2. The molecule has 4 aromatic rings. The van der Waals surface area contributed by atoms with Crippen molar-refractivity contribution < 1.29 is 14.0 Å². The first-order valence-electron chi connectivity index (χ1n) is 8.95. The molecule has 0 spiro atoms. The lowest BCUT2D eigenvalue weighted by atomic mass is 10.1. The number of amides is 1. The standard InChI is InChI=1S/C22H18N2O3S2/c1-14(25)15-5-7-16(8-6-15)21(26)24(13-17-4-3-11-27-17)22-23-19-10-9-18(28-2)12-20(19)29-22/h3-12H,13H2,1-2H3. The number of hydrogen-bond acceptors (Lipinski definition) is 6. The molecule has 146 valence electrons. The van der Waals surface area contributed by atoms with Crippen LogP contribution in [-0.4, -0.2) is 22.9 Å². The molecule has 0 aliphatic carbocycles. The van der Waals surface area contributed by atoms with Crippen molar-refractivity contribution in [2.75, 3.05) is 11.2 Å².